The normalized spacial score (nSPS) is 10.5. The molecule has 0 unspecified atom stereocenters. The van der Waals surface area contributed by atoms with Gasteiger partial charge in [-0.15, -0.1) is 11.3 Å². The molecule has 7 nitrogen and oxygen atoms in total. The van der Waals surface area contributed by atoms with E-state index in [1.54, 1.807) is 6.07 Å². The Bertz CT molecular complexity index is 1040. The molecule has 0 fully saturated rings. The number of nitrogens with zero attached hydrogens (tertiary/aromatic N) is 2. The van der Waals surface area contributed by atoms with E-state index in [1.165, 1.54) is 23.7 Å². The Morgan fingerprint density at radius 2 is 2.00 bits per heavy atom. The number of pyridine rings is 1. The minimum Gasteiger partial charge on any atom is -0.504 e. The lowest BCUT2D eigenvalue weighted by Gasteiger charge is -2.08. The summed E-state index contributed by atoms with van der Waals surface area (Å²) in [6.45, 7) is 0.0895. The minimum absolute atomic E-state index is 0.00859. The summed E-state index contributed by atoms with van der Waals surface area (Å²) in [5.41, 5.74) is 1.81. The number of rotatable bonds is 5. The molecule has 0 spiro atoms. The highest BCUT2D eigenvalue weighted by atomic mass is 35.5. The van der Waals surface area contributed by atoms with E-state index in [9.17, 15) is 19.1 Å². The average Bonchev–Trinajstić information content (AvgIpc) is 3.12. The van der Waals surface area contributed by atoms with Crippen molar-refractivity contribution in [3.8, 4) is 5.75 Å². The van der Waals surface area contributed by atoms with Gasteiger partial charge in [-0.05, 0) is 23.8 Å². The first kappa shape index (κ1) is 20.0. The van der Waals surface area contributed by atoms with Crippen LogP contribution in [0.4, 0.5) is 9.39 Å². The molecule has 0 radical (unpaired) electrons. The third-order valence-electron chi connectivity index (χ3n) is 3.49. The van der Waals surface area contributed by atoms with Crippen LogP contribution < -0.4 is 10.6 Å². The van der Waals surface area contributed by atoms with Crippen LogP contribution >= 0.6 is 34.5 Å². The molecule has 0 aliphatic rings. The van der Waals surface area contributed by atoms with Gasteiger partial charge in [-0.1, -0.05) is 35.3 Å². The summed E-state index contributed by atoms with van der Waals surface area (Å²) in [6, 6.07) is 6.94. The largest absolute Gasteiger partial charge is 0.504 e. The van der Waals surface area contributed by atoms with Crippen LogP contribution in [0.3, 0.4) is 0 Å². The van der Waals surface area contributed by atoms with E-state index in [-0.39, 0.29) is 33.1 Å². The maximum absolute atomic E-state index is 13.2. The highest BCUT2D eigenvalue weighted by molar-refractivity contribution is 7.14. The van der Waals surface area contributed by atoms with Crippen molar-refractivity contribution in [3.63, 3.8) is 0 Å². The standard InChI is InChI=1S/C17H11Cl2FN4O3S/c18-10-5-11(23-14(19)13(10)25)15(26)24-17-12(22-7-28-17)16(27)21-6-8-2-1-3-9(20)4-8/h1-5,7,25H,6H2,(H,21,27)(H,24,26). The first-order valence-corrected chi connectivity index (χ1v) is 9.31. The molecular formula is C17H11Cl2FN4O3S. The second kappa shape index (κ2) is 8.51. The number of nitrogens with one attached hydrogen (secondary N) is 2. The van der Waals surface area contributed by atoms with Crippen molar-refractivity contribution in [1.82, 2.24) is 15.3 Å². The van der Waals surface area contributed by atoms with Crippen LogP contribution in [0.15, 0.2) is 35.8 Å². The number of hydrogen-bond donors (Lipinski definition) is 3. The van der Waals surface area contributed by atoms with Crippen LogP contribution in [0.2, 0.25) is 10.2 Å². The van der Waals surface area contributed by atoms with E-state index in [0.29, 0.717) is 5.56 Å². The first-order valence-electron chi connectivity index (χ1n) is 7.67. The van der Waals surface area contributed by atoms with Crippen molar-refractivity contribution in [3.05, 3.63) is 68.8 Å². The molecule has 3 N–H and O–H groups in total. The van der Waals surface area contributed by atoms with Gasteiger partial charge >= 0.3 is 0 Å². The van der Waals surface area contributed by atoms with Crippen LogP contribution in [-0.4, -0.2) is 26.9 Å². The zero-order valence-electron chi connectivity index (χ0n) is 13.9. The molecule has 0 bridgehead atoms. The first-order chi connectivity index (χ1) is 13.3. The second-order valence-corrected chi connectivity index (χ2v) is 7.05. The number of halogens is 3. The van der Waals surface area contributed by atoms with Gasteiger partial charge in [0.1, 0.15) is 16.5 Å². The molecule has 0 saturated carbocycles. The Morgan fingerprint density at radius 3 is 2.71 bits per heavy atom. The lowest BCUT2D eigenvalue weighted by Crippen LogP contribution is -2.25. The SMILES string of the molecule is O=C(Nc1scnc1C(=O)NCc1cccc(F)c1)c1cc(Cl)c(O)c(Cl)n1. The summed E-state index contributed by atoms with van der Waals surface area (Å²) in [5, 5.41) is 14.3. The number of anilines is 1. The molecule has 0 atom stereocenters. The summed E-state index contributed by atoms with van der Waals surface area (Å²) in [5.74, 6) is -2.08. The summed E-state index contributed by atoms with van der Waals surface area (Å²) in [6.07, 6.45) is 0. The van der Waals surface area contributed by atoms with E-state index in [1.807, 2.05) is 0 Å². The predicted molar refractivity (Wildman–Crippen MR) is 104 cm³/mol. The van der Waals surface area contributed by atoms with Gasteiger partial charge in [-0.2, -0.15) is 0 Å². The van der Waals surface area contributed by atoms with Crippen molar-refractivity contribution < 1.29 is 19.1 Å². The zero-order chi connectivity index (χ0) is 20.3. The number of hydrogen-bond acceptors (Lipinski definition) is 6. The molecule has 11 heteroatoms. The van der Waals surface area contributed by atoms with E-state index in [0.717, 1.165) is 17.4 Å². The fourth-order valence-electron chi connectivity index (χ4n) is 2.17. The summed E-state index contributed by atoms with van der Waals surface area (Å²) in [4.78, 5) is 32.4. The molecule has 1 aromatic carbocycles. The van der Waals surface area contributed by atoms with E-state index < -0.39 is 23.4 Å². The molecule has 0 aliphatic carbocycles. The van der Waals surface area contributed by atoms with Gasteiger partial charge in [-0.3, -0.25) is 9.59 Å². The number of aromatic nitrogens is 2. The van der Waals surface area contributed by atoms with Gasteiger partial charge in [0.05, 0.1) is 10.5 Å². The predicted octanol–water partition coefficient (Wildman–Crippen LogP) is 3.87. The summed E-state index contributed by atoms with van der Waals surface area (Å²) >= 11 is 12.5. The molecule has 144 valence electrons. The molecule has 2 amide bonds. The van der Waals surface area contributed by atoms with E-state index in [2.05, 4.69) is 20.6 Å². The van der Waals surface area contributed by atoms with Crippen LogP contribution in [0.25, 0.3) is 0 Å². The van der Waals surface area contributed by atoms with Gasteiger partial charge in [-0.25, -0.2) is 14.4 Å². The zero-order valence-corrected chi connectivity index (χ0v) is 16.2. The molecule has 0 aliphatic heterocycles. The minimum atomic E-state index is -0.688. The lowest BCUT2D eigenvalue weighted by atomic mass is 10.2. The second-order valence-electron chi connectivity index (χ2n) is 5.43. The number of benzene rings is 1. The van der Waals surface area contributed by atoms with Crippen molar-refractivity contribution >= 4 is 51.4 Å². The fourth-order valence-corrected chi connectivity index (χ4v) is 3.28. The van der Waals surface area contributed by atoms with Gasteiger partial charge in [0.15, 0.2) is 16.6 Å². The summed E-state index contributed by atoms with van der Waals surface area (Å²) < 4.78 is 13.2. The van der Waals surface area contributed by atoms with Crippen molar-refractivity contribution in [1.29, 1.82) is 0 Å². The van der Waals surface area contributed by atoms with E-state index >= 15 is 0 Å². The Kier molecular flexibility index (Phi) is 6.08. The third-order valence-corrected chi connectivity index (χ3v) is 4.78. The van der Waals surface area contributed by atoms with Gasteiger partial charge in [0.2, 0.25) is 0 Å². The van der Waals surface area contributed by atoms with Crippen molar-refractivity contribution in [2.75, 3.05) is 5.32 Å². The van der Waals surface area contributed by atoms with E-state index in [4.69, 9.17) is 23.2 Å². The topological polar surface area (TPSA) is 104 Å². The average molecular weight is 441 g/mol. The smallest absolute Gasteiger partial charge is 0.275 e. The van der Waals surface area contributed by atoms with Gasteiger partial charge < -0.3 is 15.7 Å². The number of carbonyl (C=O) groups excluding carboxylic acids is 2. The van der Waals surface area contributed by atoms with Crippen LogP contribution in [0.5, 0.6) is 5.75 Å². The van der Waals surface area contributed by atoms with Crippen LogP contribution in [-0.2, 0) is 6.54 Å². The van der Waals surface area contributed by atoms with Crippen LogP contribution in [0.1, 0.15) is 26.5 Å². The highest BCUT2D eigenvalue weighted by Gasteiger charge is 2.20. The number of thiazole rings is 1. The Morgan fingerprint density at radius 1 is 1.21 bits per heavy atom. The Labute approximate surface area is 172 Å². The number of aromatic hydroxyl groups is 1. The lowest BCUT2D eigenvalue weighted by molar-refractivity contribution is 0.0947. The Hall–Kier alpha value is -2.75. The van der Waals surface area contributed by atoms with Gasteiger partial charge in [0, 0.05) is 6.54 Å². The van der Waals surface area contributed by atoms with Gasteiger partial charge in [0.25, 0.3) is 11.8 Å². The molecular weight excluding hydrogens is 430 g/mol. The van der Waals surface area contributed by atoms with Crippen molar-refractivity contribution in [2.24, 2.45) is 0 Å². The monoisotopic (exact) mass is 440 g/mol. The molecule has 3 aromatic rings. The molecule has 2 heterocycles. The maximum Gasteiger partial charge on any atom is 0.275 e. The Balaban J connectivity index is 1.71. The number of amides is 2. The molecule has 3 rings (SSSR count). The third kappa shape index (κ3) is 4.56. The number of carbonyl (C=O) groups is 2. The quantitative estimate of drug-likeness (QED) is 0.522. The molecule has 0 saturated heterocycles. The molecule has 2 aromatic heterocycles. The maximum atomic E-state index is 13.2. The van der Waals surface area contributed by atoms with Crippen molar-refractivity contribution in [2.45, 2.75) is 6.54 Å². The fraction of sp³-hybridized carbons (Fsp3) is 0.0588. The van der Waals surface area contributed by atoms with Crippen LogP contribution in [0, 0.1) is 5.82 Å². The summed E-state index contributed by atoms with van der Waals surface area (Å²) in [7, 11) is 0. The highest BCUT2D eigenvalue weighted by Crippen LogP contribution is 2.30. The molecule has 28 heavy (non-hydrogen) atoms.